The second kappa shape index (κ2) is 9.90. The first-order valence-corrected chi connectivity index (χ1v) is 10.9. The summed E-state index contributed by atoms with van der Waals surface area (Å²) in [5.74, 6) is -0.860. The highest BCUT2D eigenvalue weighted by atomic mass is 16.3. The number of hydrogen-bond acceptors (Lipinski definition) is 4. The van der Waals surface area contributed by atoms with E-state index >= 15 is 0 Å². The van der Waals surface area contributed by atoms with E-state index < -0.39 is 11.5 Å². The lowest BCUT2D eigenvalue weighted by atomic mass is 9.70. The molecule has 0 amide bonds. The van der Waals surface area contributed by atoms with Crippen LogP contribution in [-0.2, 0) is 4.79 Å². The highest BCUT2D eigenvalue weighted by molar-refractivity contribution is 6.02. The predicted molar refractivity (Wildman–Crippen MR) is 117 cm³/mol. The van der Waals surface area contributed by atoms with Gasteiger partial charge in [0.2, 0.25) is 5.78 Å². The molecule has 4 nitrogen and oxygen atoms in total. The Labute approximate surface area is 175 Å². The first-order chi connectivity index (χ1) is 13.6. The van der Waals surface area contributed by atoms with Crippen LogP contribution in [0.4, 0.5) is 0 Å². The van der Waals surface area contributed by atoms with Crippen LogP contribution in [0.2, 0.25) is 0 Å². The third kappa shape index (κ3) is 5.29. The van der Waals surface area contributed by atoms with Crippen LogP contribution in [0.15, 0.2) is 46.3 Å². The summed E-state index contributed by atoms with van der Waals surface area (Å²) in [5.41, 5.74) is 3.36. The van der Waals surface area contributed by atoms with Crippen molar-refractivity contribution in [3.63, 3.8) is 0 Å². The number of rotatable bonds is 2. The van der Waals surface area contributed by atoms with E-state index in [0.717, 1.165) is 24.8 Å². The fourth-order valence-corrected chi connectivity index (χ4v) is 4.53. The number of Topliss-reactive ketones (excluding diaryl/α,β-unsaturated/α-hetero) is 1. The zero-order valence-corrected chi connectivity index (χ0v) is 18.7. The third-order valence-corrected chi connectivity index (χ3v) is 6.88. The summed E-state index contributed by atoms with van der Waals surface area (Å²) < 4.78 is 0. The van der Waals surface area contributed by atoms with Gasteiger partial charge in [-0.3, -0.25) is 4.79 Å². The maximum atomic E-state index is 13.1. The molecule has 0 aromatic heterocycles. The van der Waals surface area contributed by atoms with E-state index in [1.165, 1.54) is 11.1 Å². The van der Waals surface area contributed by atoms with Gasteiger partial charge in [0.05, 0.1) is 6.10 Å². The Morgan fingerprint density at radius 3 is 2.45 bits per heavy atom. The van der Waals surface area contributed by atoms with E-state index in [0.29, 0.717) is 24.8 Å². The summed E-state index contributed by atoms with van der Waals surface area (Å²) in [5, 5.41) is 30.9. The largest absolute Gasteiger partial charge is 0.504 e. The first kappa shape index (κ1) is 23.6. The summed E-state index contributed by atoms with van der Waals surface area (Å²) in [4.78, 5) is 13.1. The van der Waals surface area contributed by atoms with Crippen molar-refractivity contribution < 1.29 is 20.1 Å². The van der Waals surface area contributed by atoms with Crippen molar-refractivity contribution in [2.45, 2.75) is 79.2 Å². The first-order valence-electron chi connectivity index (χ1n) is 10.9. The van der Waals surface area contributed by atoms with Crippen molar-refractivity contribution in [1.82, 2.24) is 0 Å². The molecule has 29 heavy (non-hydrogen) atoms. The molecule has 0 bridgehead atoms. The zero-order chi connectivity index (χ0) is 21.8. The summed E-state index contributed by atoms with van der Waals surface area (Å²) >= 11 is 0. The topological polar surface area (TPSA) is 77.8 Å². The van der Waals surface area contributed by atoms with E-state index in [9.17, 15) is 20.1 Å². The predicted octanol–water partition coefficient (Wildman–Crippen LogP) is 5.19. The molecule has 2 aliphatic rings. The van der Waals surface area contributed by atoms with Crippen molar-refractivity contribution in [1.29, 1.82) is 0 Å². The maximum absolute atomic E-state index is 13.1. The average Bonchev–Trinajstić information content (AvgIpc) is 2.88. The maximum Gasteiger partial charge on any atom is 0.203 e. The highest BCUT2D eigenvalue weighted by Crippen LogP contribution is 2.50. The molecular formula is C25H38O4. The Morgan fingerprint density at radius 1 is 1.14 bits per heavy atom. The number of allylic oxidation sites excluding steroid dienone is 6. The SMILES string of the molecule is C/C1=C\CC2(C)C(=O)C(O)=C(C(C)CO)C2C/C=C(\C)C(O)CC/C(C)=C/CC1. The minimum atomic E-state index is -0.738. The van der Waals surface area contributed by atoms with Gasteiger partial charge in [-0.1, -0.05) is 43.2 Å². The lowest BCUT2D eigenvalue weighted by molar-refractivity contribution is -0.126. The van der Waals surface area contributed by atoms with Crippen LogP contribution in [0.5, 0.6) is 0 Å². The second-order valence-electron chi connectivity index (χ2n) is 9.27. The second-order valence-corrected chi connectivity index (χ2v) is 9.27. The summed E-state index contributed by atoms with van der Waals surface area (Å²) in [7, 11) is 0. The molecule has 0 aliphatic heterocycles. The number of aliphatic hydroxyl groups is 3. The monoisotopic (exact) mass is 402 g/mol. The fraction of sp³-hybridized carbons (Fsp3) is 0.640. The minimum absolute atomic E-state index is 0.107. The number of carbonyl (C=O) groups excluding carboxylic acids is 1. The molecule has 0 saturated heterocycles. The van der Waals surface area contributed by atoms with Crippen LogP contribution in [0, 0.1) is 17.3 Å². The molecule has 0 aromatic carbocycles. The molecular weight excluding hydrogens is 364 g/mol. The molecule has 0 spiro atoms. The summed E-state index contributed by atoms with van der Waals surface area (Å²) in [6.07, 6.45) is 10.4. The average molecular weight is 403 g/mol. The Hall–Kier alpha value is -1.65. The van der Waals surface area contributed by atoms with Crippen LogP contribution < -0.4 is 0 Å². The van der Waals surface area contributed by atoms with Gasteiger partial charge >= 0.3 is 0 Å². The molecule has 162 valence electrons. The van der Waals surface area contributed by atoms with Gasteiger partial charge in [0, 0.05) is 23.9 Å². The Morgan fingerprint density at radius 2 is 1.79 bits per heavy atom. The van der Waals surface area contributed by atoms with Gasteiger partial charge in [0.15, 0.2) is 5.76 Å². The molecule has 2 rings (SSSR count). The number of ketones is 1. The number of hydrogen-bond donors (Lipinski definition) is 3. The van der Waals surface area contributed by atoms with E-state index in [2.05, 4.69) is 26.0 Å². The van der Waals surface area contributed by atoms with Crippen molar-refractivity contribution >= 4 is 5.78 Å². The van der Waals surface area contributed by atoms with Gasteiger partial charge in [-0.05, 0) is 70.4 Å². The molecule has 4 unspecified atom stereocenters. The van der Waals surface area contributed by atoms with Crippen LogP contribution in [0.25, 0.3) is 0 Å². The molecule has 0 fully saturated rings. The molecule has 4 heteroatoms. The van der Waals surface area contributed by atoms with Crippen LogP contribution >= 0.6 is 0 Å². The van der Waals surface area contributed by atoms with Gasteiger partial charge in [0.1, 0.15) is 0 Å². The highest BCUT2D eigenvalue weighted by Gasteiger charge is 2.51. The van der Waals surface area contributed by atoms with E-state index in [1.807, 2.05) is 26.8 Å². The minimum Gasteiger partial charge on any atom is -0.504 e. The van der Waals surface area contributed by atoms with E-state index in [4.69, 9.17) is 0 Å². The van der Waals surface area contributed by atoms with Gasteiger partial charge in [-0.2, -0.15) is 0 Å². The molecule has 0 radical (unpaired) electrons. The zero-order valence-electron chi connectivity index (χ0n) is 18.7. The molecule has 0 saturated carbocycles. The summed E-state index contributed by atoms with van der Waals surface area (Å²) in [6, 6.07) is 0. The van der Waals surface area contributed by atoms with Crippen LogP contribution in [-0.4, -0.2) is 33.8 Å². The van der Waals surface area contributed by atoms with Crippen molar-refractivity contribution in [2.75, 3.05) is 6.61 Å². The Bertz CT molecular complexity index is 740. The molecule has 3 N–H and O–H groups in total. The molecule has 0 heterocycles. The third-order valence-electron chi connectivity index (χ3n) is 6.88. The lowest BCUT2D eigenvalue weighted by Gasteiger charge is -2.32. The number of aliphatic hydroxyl groups excluding tert-OH is 3. The van der Waals surface area contributed by atoms with Crippen molar-refractivity contribution in [2.24, 2.45) is 17.3 Å². The quantitative estimate of drug-likeness (QED) is 0.556. The summed E-state index contributed by atoms with van der Waals surface area (Å²) in [6.45, 7) is 9.81. The fourth-order valence-electron chi connectivity index (χ4n) is 4.53. The Balaban J connectivity index is 2.46. The van der Waals surface area contributed by atoms with E-state index in [-0.39, 0.29) is 30.0 Å². The molecule has 0 aromatic rings. The molecule has 4 atom stereocenters. The lowest BCUT2D eigenvalue weighted by Crippen LogP contribution is -2.32. The van der Waals surface area contributed by atoms with Crippen molar-refractivity contribution in [3.05, 3.63) is 46.3 Å². The normalized spacial score (nSPS) is 36.7. The molecule has 2 aliphatic carbocycles. The number of carbonyl (C=O) groups is 1. The number of fused-ring (bicyclic) bond motifs is 1. The Kier molecular flexibility index (Phi) is 8.07. The van der Waals surface area contributed by atoms with Gasteiger partial charge in [0.25, 0.3) is 0 Å². The van der Waals surface area contributed by atoms with Gasteiger partial charge in [-0.15, -0.1) is 0 Å². The van der Waals surface area contributed by atoms with Crippen LogP contribution in [0.1, 0.15) is 73.1 Å². The standard InChI is InChI=1S/C25H38O4/c1-16-7-6-8-17(2)13-14-25(5)20(11-10-18(3)21(27)12-9-16)22(19(4)15-26)23(28)24(25)29/h7,10,13,19-21,26-28H,6,8-9,11-12,14-15H2,1-5H3/b16-7+,17-13+,18-10+. The van der Waals surface area contributed by atoms with Crippen LogP contribution in [0.3, 0.4) is 0 Å². The smallest absolute Gasteiger partial charge is 0.203 e. The van der Waals surface area contributed by atoms with Gasteiger partial charge in [-0.25, -0.2) is 0 Å². The van der Waals surface area contributed by atoms with E-state index in [1.54, 1.807) is 0 Å². The van der Waals surface area contributed by atoms with Crippen molar-refractivity contribution in [3.8, 4) is 0 Å². The van der Waals surface area contributed by atoms with Gasteiger partial charge < -0.3 is 15.3 Å².